The van der Waals surface area contributed by atoms with Crippen molar-refractivity contribution in [2.75, 3.05) is 0 Å². The Balaban J connectivity index is 1.84. The van der Waals surface area contributed by atoms with Gasteiger partial charge < -0.3 is 5.32 Å². The number of hydrogen-bond acceptors (Lipinski definition) is 2. The topological polar surface area (TPSA) is 12.0 Å². The van der Waals surface area contributed by atoms with Gasteiger partial charge in [0, 0.05) is 22.7 Å². The molecule has 1 aliphatic carbocycles. The van der Waals surface area contributed by atoms with Crippen molar-refractivity contribution >= 4 is 11.8 Å². The van der Waals surface area contributed by atoms with Crippen molar-refractivity contribution in [1.82, 2.24) is 5.32 Å². The highest BCUT2D eigenvalue weighted by Gasteiger charge is 2.15. The van der Waals surface area contributed by atoms with Crippen molar-refractivity contribution in [3.05, 3.63) is 29.8 Å². The Kier molecular flexibility index (Phi) is 4.93. The maximum absolute atomic E-state index is 3.45. The van der Waals surface area contributed by atoms with Crippen LogP contribution in [-0.2, 0) is 6.54 Å². The monoisotopic (exact) mass is 249 g/mol. The van der Waals surface area contributed by atoms with Crippen molar-refractivity contribution in [3.63, 3.8) is 0 Å². The number of thioether (sulfide) groups is 1. The quantitative estimate of drug-likeness (QED) is 0.838. The molecule has 0 heterocycles. The largest absolute Gasteiger partial charge is 0.310 e. The van der Waals surface area contributed by atoms with E-state index in [0.717, 1.165) is 11.8 Å². The highest BCUT2D eigenvalue weighted by Crippen LogP contribution is 2.34. The Morgan fingerprint density at radius 3 is 2.41 bits per heavy atom. The molecule has 0 aliphatic heterocycles. The van der Waals surface area contributed by atoms with Gasteiger partial charge in [0.25, 0.3) is 0 Å². The average Bonchev–Trinajstić information content (AvgIpc) is 2.81. The van der Waals surface area contributed by atoms with Crippen LogP contribution in [0.5, 0.6) is 0 Å². The van der Waals surface area contributed by atoms with Gasteiger partial charge in [0.2, 0.25) is 0 Å². The normalized spacial score (nSPS) is 16.9. The SMILES string of the molecule is CC(C)NCc1ccc(SC2CCCC2)cc1. The molecule has 1 N–H and O–H groups in total. The zero-order chi connectivity index (χ0) is 12.1. The summed E-state index contributed by atoms with van der Waals surface area (Å²) < 4.78 is 0. The molecule has 0 bridgehead atoms. The first-order valence-electron chi connectivity index (χ1n) is 6.73. The molecule has 17 heavy (non-hydrogen) atoms. The summed E-state index contributed by atoms with van der Waals surface area (Å²) in [7, 11) is 0. The van der Waals surface area contributed by atoms with Gasteiger partial charge in [0.1, 0.15) is 0 Å². The predicted molar refractivity (Wildman–Crippen MR) is 76.5 cm³/mol. The van der Waals surface area contributed by atoms with Crippen LogP contribution in [0.4, 0.5) is 0 Å². The zero-order valence-corrected chi connectivity index (χ0v) is 11.7. The average molecular weight is 249 g/mol. The molecule has 0 atom stereocenters. The van der Waals surface area contributed by atoms with Crippen molar-refractivity contribution in [1.29, 1.82) is 0 Å². The Morgan fingerprint density at radius 1 is 1.18 bits per heavy atom. The Morgan fingerprint density at radius 2 is 1.82 bits per heavy atom. The van der Waals surface area contributed by atoms with Crippen LogP contribution >= 0.6 is 11.8 Å². The zero-order valence-electron chi connectivity index (χ0n) is 10.9. The van der Waals surface area contributed by atoms with Crippen LogP contribution in [0.2, 0.25) is 0 Å². The molecule has 0 amide bonds. The molecule has 1 aromatic rings. The number of rotatable bonds is 5. The highest BCUT2D eigenvalue weighted by atomic mass is 32.2. The first-order chi connectivity index (χ1) is 8.24. The third-order valence-electron chi connectivity index (χ3n) is 3.24. The second-order valence-electron chi connectivity index (χ2n) is 5.20. The lowest BCUT2D eigenvalue weighted by Gasteiger charge is -2.10. The van der Waals surface area contributed by atoms with Crippen LogP contribution in [-0.4, -0.2) is 11.3 Å². The maximum Gasteiger partial charge on any atom is 0.0207 e. The van der Waals surface area contributed by atoms with E-state index in [1.54, 1.807) is 0 Å². The number of hydrogen-bond donors (Lipinski definition) is 1. The second-order valence-corrected chi connectivity index (χ2v) is 6.58. The molecule has 0 spiro atoms. The number of benzene rings is 1. The van der Waals surface area contributed by atoms with Gasteiger partial charge in [-0.2, -0.15) is 0 Å². The minimum absolute atomic E-state index is 0.558. The van der Waals surface area contributed by atoms with Gasteiger partial charge in [-0.1, -0.05) is 38.8 Å². The van der Waals surface area contributed by atoms with Gasteiger partial charge in [-0.15, -0.1) is 11.8 Å². The summed E-state index contributed by atoms with van der Waals surface area (Å²) in [5.41, 5.74) is 1.38. The van der Waals surface area contributed by atoms with Crippen LogP contribution < -0.4 is 5.32 Å². The molecule has 1 aromatic carbocycles. The summed E-state index contributed by atoms with van der Waals surface area (Å²) in [6.45, 7) is 5.35. The van der Waals surface area contributed by atoms with Crippen molar-refractivity contribution in [2.45, 2.75) is 62.3 Å². The van der Waals surface area contributed by atoms with Crippen molar-refractivity contribution in [2.24, 2.45) is 0 Å². The van der Waals surface area contributed by atoms with Gasteiger partial charge in [-0.05, 0) is 30.5 Å². The van der Waals surface area contributed by atoms with Gasteiger partial charge in [-0.25, -0.2) is 0 Å². The van der Waals surface area contributed by atoms with E-state index in [-0.39, 0.29) is 0 Å². The van der Waals surface area contributed by atoms with Crippen molar-refractivity contribution in [3.8, 4) is 0 Å². The number of nitrogens with one attached hydrogen (secondary N) is 1. The minimum atomic E-state index is 0.558. The van der Waals surface area contributed by atoms with E-state index in [2.05, 4.69) is 55.2 Å². The molecular weight excluding hydrogens is 226 g/mol. The molecule has 0 aromatic heterocycles. The molecule has 1 aliphatic rings. The lowest BCUT2D eigenvalue weighted by Crippen LogP contribution is -2.21. The van der Waals surface area contributed by atoms with E-state index in [0.29, 0.717) is 6.04 Å². The summed E-state index contributed by atoms with van der Waals surface area (Å²) in [6.07, 6.45) is 5.66. The smallest absolute Gasteiger partial charge is 0.0207 e. The third-order valence-corrected chi connectivity index (χ3v) is 4.59. The molecule has 1 saturated carbocycles. The highest BCUT2D eigenvalue weighted by molar-refractivity contribution is 8.00. The van der Waals surface area contributed by atoms with Crippen LogP contribution in [0, 0.1) is 0 Å². The molecule has 2 heteroatoms. The summed E-state index contributed by atoms with van der Waals surface area (Å²) >= 11 is 2.06. The molecule has 1 nitrogen and oxygen atoms in total. The van der Waals surface area contributed by atoms with E-state index in [1.807, 2.05) is 0 Å². The molecule has 0 unspecified atom stereocenters. The fraction of sp³-hybridized carbons (Fsp3) is 0.600. The van der Waals surface area contributed by atoms with E-state index in [1.165, 1.54) is 36.1 Å². The molecular formula is C15H23NS. The van der Waals surface area contributed by atoms with Crippen LogP contribution in [0.15, 0.2) is 29.2 Å². The van der Waals surface area contributed by atoms with E-state index < -0.39 is 0 Å². The van der Waals surface area contributed by atoms with E-state index in [9.17, 15) is 0 Å². The summed E-state index contributed by atoms with van der Waals surface area (Å²) in [4.78, 5) is 1.44. The molecule has 0 saturated heterocycles. The lowest BCUT2D eigenvalue weighted by molar-refractivity contribution is 0.588. The fourth-order valence-electron chi connectivity index (χ4n) is 2.21. The van der Waals surface area contributed by atoms with Crippen LogP contribution in [0.3, 0.4) is 0 Å². The van der Waals surface area contributed by atoms with Crippen LogP contribution in [0.25, 0.3) is 0 Å². The Labute approximate surface area is 109 Å². The first kappa shape index (κ1) is 13.0. The Bertz CT molecular complexity index is 325. The summed E-state index contributed by atoms with van der Waals surface area (Å²) in [6, 6.07) is 9.63. The van der Waals surface area contributed by atoms with Gasteiger partial charge >= 0.3 is 0 Å². The minimum Gasteiger partial charge on any atom is -0.310 e. The van der Waals surface area contributed by atoms with Gasteiger partial charge in [-0.3, -0.25) is 0 Å². The molecule has 0 radical (unpaired) electrons. The van der Waals surface area contributed by atoms with Crippen LogP contribution in [0.1, 0.15) is 45.1 Å². The predicted octanol–water partition coefficient (Wildman–Crippen LogP) is 4.22. The van der Waals surface area contributed by atoms with Gasteiger partial charge in [0.05, 0.1) is 0 Å². The maximum atomic E-state index is 3.45. The summed E-state index contributed by atoms with van der Waals surface area (Å²) in [5, 5.41) is 4.32. The summed E-state index contributed by atoms with van der Waals surface area (Å²) in [5.74, 6) is 0. The van der Waals surface area contributed by atoms with Crippen molar-refractivity contribution < 1.29 is 0 Å². The van der Waals surface area contributed by atoms with E-state index >= 15 is 0 Å². The first-order valence-corrected chi connectivity index (χ1v) is 7.61. The fourth-order valence-corrected chi connectivity index (χ4v) is 3.45. The standard InChI is InChI=1S/C15H23NS/c1-12(2)16-11-13-7-9-15(10-8-13)17-14-5-3-4-6-14/h7-10,12,14,16H,3-6,11H2,1-2H3. The molecule has 2 rings (SSSR count). The Hall–Kier alpha value is -0.470. The van der Waals surface area contributed by atoms with Gasteiger partial charge in [0.15, 0.2) is 0 Å². The van der Waals surface area contributed by atoms with E-state index in [4.69, 9.17) is 0 Å². The second kappa shape index (κ2) is 6.46. The third kappa shape index (κ3) is 4.36. The molecule has 1 fully saturated rings. The lowest BCUT2D eigenvalue weighted by atomic mass is 10.2. The molecule has 94 valence electrons.